The lowest BCUT2D eigenvalue weighted by molar-refractivity contribution is 0.0696. The van der Waals surface area contributed by atoms with E-state index in [1.165, 1.54) is 36.5 Å². The largest absolute Gasteiger partial charge is 0.478 e. The predicted octanol–water partition coefficient (Wildman–Crippen LogP) is 2.86. The summed E-state index contributed by atoms with van der Waals surface area (Å²) in [5.41, 5.74) is 2.62. The molecule has 8 heteroatoms. The fraction of sp³-hybridized carbons (Fsp3) is 0.125. The first-order valence-corrected chi connectivity index (χ1v) is 11.3. The summed E-state index contributed by atoms with van der Waals surface area (Å²) in [6, 6.07) is 17.0. The van der Waals surface area contributed by atoms with Gasteiger partial charge in [-0.1, -0.05) is 48.4 Å². The lowest BCUT2D eigenvalue weighted by Gasteiger charge is -2.28. The van der Waals surface area contributed by atoms with Gasteiger partial charge in [0.15, 0.2) is 0 Å². The average molecular weight is 446 g/mol. The molecule has 0 atom stereocenters. The summed E-state index contributed by atoms with van der Waals surface area (Å²) >= 11 is 0. The van der Waals surface area contributed by atoms with E-state index in [1.807, 2.05) is 30.3 Å². The van der Waals surface area contributed by atoms with Gasteiger partial charge in [0.05, 0.1) is 17.9 Å². The fourth-order valence-electron chi connectivity index (χ4n) is 3.32. The summed E-state index contributed by atoms with van der Waals surface area (Å²) in [5, 5.41) is 9.01. The Morgan fingerprint density at radius 2 is 1.78 bits per heavy atom. The third-order valence-corrected chi connectivity index (χ3v) is 6.64. The van der Waals surface area contributed by atoms with E-state index < -0.39 is 21.9 Å². The zero-order valence-corrected chi connectivity index (χ0v) is 17.7. The van der Waals surface area contributed by atoms with Crippen molar-refractivity contribution in [1.29, 1.82) is 0 Å². The summed E-state index contributed by atoms with van der Waals surface area (Å²) < 4.78 is 26.2. The average Bonchev–Trinajstić information content (AvgIpc) is 2.78. The van der Waals surface area contributed by atoms with E-state index >= 15 is 0 Å². The second-order valence-corrected chi connectivity index (χ2v) is 9.15. The number of benzene rings is 2. The van der Waals surface area contributed by atoms with Crippen LogP contribution in [0.25, 0.3) is 0 Å². The van der Waals surface area contributed by atoms with E-state index in [2.05, 4.69) is 16.8 Å². The first kappa shape index (κ1) is 21.3. The Morgan fingerprint density at radius 1 is 1.06 bits per heavy atom. The monoisotopic (exact) mass is 446 g/mol. The van der Waals surface area contributed by atoms with E-state index in [1.54, 1.807) is 0 Å². The van der Waals surface area contributed by atoms with Crippen LogP contribution in [0, 0.1) is 11.8 Å². The quantitative estimate of drug-likeness (QED) is 0.618. The molecule has 0 bridgehead atoms. The number of hydrogen-bond donors (Lipinski definition) is 1. The molecule has 4 rings (SSSR count). The van der Waals surface area contributed by atoms with Crippen molar-refractivity contribution < 1.29 is 23.1 Å². The minimum atomic E-state index is -3.89. The van der Waals surface area contributed by atoms with Crippen molar-refractivity contribution in [3.63, 3.8) is 0 Å². The zero-order valence-electron chi connectivity index (χ0n) is 16.9. The fourth-order valence-corrected chi connectivity index (χ4v) is 4.80. The van der Waals surface area contributed by atoms with Crippen LogP contribution in [-0.4, -0.2) is 34.7 Å². The highest BCUT2D eigenvalue weighted by molar-refractivity contribution is 7.89. The highest BCUT2D eigenvalue weighted by atomic mass is 32.2. The molecule has 0 saturated carbocycles. The predicted molar refractivity (Wildman–Crippen MR) is 117 cm³/mol. The first-order chi connectivity index (χ1) is 15.3. The third-order valence-electron chi connectivity index (χ3n) is 5.00. The number of hydrogen-bond acceptors (Lipinski definition) is 5. The van der Waals surface area contributed by atoms with Crippen LogP contribution in [0.2, 0.25) is 0 Å². The molecule has 7 nitrogen and oxygen atoms in total. The molecule has 0 saturated heterocycles. The molecular weight excluding hydrogens is 428 g/mol. The molecule has 2 heterocycles. The molecule has 1 amide bonds. The van der Waals surface area contributed by atoms with Crippen molar-refractivity contribution in [2.45, 2.75) is 18.7 Å². The van der Waals surface area contributed by atoms with Crippen LogP contribution in [-0.2, 0) is 28.7 Å². The van der Waals surface area contributed by atoms with Gasteiger partial charge in [-0.25, -0.2) is 22.5 Å². The minimum absolute atomic E-state index is 0.0803. The number of carboxylic acid groups (broad SMARTS) is 1. The smallest absolute Gasteiger partial charge is 0.335 e. The van der Waals surface area contributed by atoms with Gasteiger partial charge in [0.1, 0.15) is 5.69 Å². The Labute approximate surface area is 185 Å². The van der Waals surface area contributed by atoms with Crippen LogP contribution >= 0.6 is 0 Å². The second-order valence-electron chi connectivity index (χ2n) is 7.26. The van der Waals surface area contributed by atoms with Crippen molar-refractivity contribution in [2.75, 3.05) is 0 Å². The molecule has 0 unspecified atom stereocenters. The highest BCUT2D eigenvalue weighted by Gasteiger charge is 2.36. The number of aromatic nitrogens is 1. The summed E-state index contributed by atoms with van der Waals surface area (Å²) in [6.45, 7) is -0.183. The number of carbonyl (C=O) groups excluding carboxylic acids is 1. The zero-order chi connectivity index (χ0) is 22.7. The molecule has 0 aliphatic carbocycles. The Morgan fingerprint density at radius 3 is 2.47 bits per heavy atom. The van der Waals surface area contributed by atoms with E-state index in [4.69, 9.17) is 5.11 Å². The first-order valence-electron chi connectivity index (χ1n) is 9.72. The number of rotatable bonds is 4. The van der Waals surface area contributed by atoms with E-state index in [0.717, 1.165) is 9.87 Å². The Hall–Kier alpha value is -3.96. The van der Waals surface area contributed by atoms with E-state index in [-0.39, 0.29) is 23.4 Å². The van der Waals surface area contributed by atoms with E-state index in [0.29, 0.717) is 23.2 Å². The number of amides is 1. The lowest BCUT2D eigenvalue weighted by Crippen LogP contribution is -2.41. The van der Waals surface area contributed by atoms with Crippen LogP contribution in [0.1, 0.15) is 43.1 Å². The number of carboxylic acids is 1. The molecule has 160 valence electrons. The van der Waals surface area contributed by atoms with Gasteiger partial charge in [0, 0.05) is 23.7 Å². The number of carbonyl (C=O) groups is 2. The van der Waals surface area contributed by atoms with Crippen molar-refractivity contribution in [3.05, 3.63) is 100 Å². The second kappa shape index (κ2) is 8.65. The molecule has 1 aliphatic heterocycles. The standard InChI is InChI=1S/C24H18N2O5S/c27-23-22-13-21(8-4-7-17-5-2-1-3-6-17)25-14-20(22)16-32(30,31)26(23)15-18-9-11-19(12-10-18)24(28)29/h1-3,5-6,9-14H,7,15-16H2,(H,28,29). The highest BCUT2D eigenvalue weighted by Crippen LogP contribution is 2.26. The molecule has 0 fully saturated rings. The Bertz CT molecular complexity index is 1350. The maximum Gasteiger partial charge on any atom is 0.335 e. The van der Waals surface area contributed by atoms with Crippen molar-refractivity contribution in [1.82, 2.24) is 9.29 Å². The molecule has 1 aromatic heterocycles. The van der Waals surface area contributed by atoms with Crippen molar-refractivity contribution in [2.24, 2.45) is 0 Å². The number of fused-ring (bicyclic) bond motifs is 1. The normalized spacial score (nSPS) is 14.2. The van der Waals surface area contributed by atoms with Gasteiger partial charge >= 0.3 is 5.97 Å². The van der Waals surface area contributed by atoms with Crippen LogP contribution < -0.4 is 0 Å². The van der Waals surface area contributed by atoms with Gasteiger partial charge in [0.2, 0.25) is 10.0 Å². The minimum Gasteiger partial charge on any atom is -0.478 e. The molecule has 32 heavy (non-hydrogen) atoms. The van der Waals surface area contributed by atoms with Crippen molar-refractivity contribution in [3.8, 4) is 11.8 Å². The number of sulfonamides is 1. The summed E-state index contributed by atoms with van der Waals surface area (Å²) in [7, 11) is -3.89. The molecule has 0 radical (unpaired) electrons. The van der Waals surface area contributed by atoms with E-state index in [9.17, 15) is 18.0 Å². The Kier molecular flexibility index (Phi) is 5.75. The van der Waals surface area contributed by atoms with Gasteiger partial charge in [-0.05, 0) is 35.2 Å². The number of nitrogens with zero attached hydrogens (tertiary/aromatic N) is 2. The lowest BCUT2D eigenvalue weighted by atomic mass is 10.1. The molecular formula is C24H18N2O5S. The molecule has 0 spiro atoms. The maximum atomic E-state index is 13.0. The third kappa shape index (κ3) is 4.53. The topological polar surface area (TPSA) is 105 Å². The SMILES string of the molecule is O=C(O)c1ccc(CN2C(=O)c3cc(C#CCc4ccccc4)ncc3CS2(=O)=O)cc1. The van der Waals surface area contributed by atoms with Gasteiger partial charge in [-0.2, -0.15) is 0 Å². The summed E-state index contributed by atoms with van der Waals surface area (Å²) in [4.78, 5) is 28.2. The van der Waals surface area contributed by atoms with Gasteiger partial charge < -0.3 is 5.11 Å². The molecule has 2 aromatic carbocycles. The number of pyridine rings is 1. The van der Waals surface area contributed by atoms with Gasteiger partial charge in [0.25, 0.3) is 5.91 Å². The molecule has 1 aliphatic rings. The Balaban J connectivity index is 1.58. The summed E-state index contributed by atoms with van der Waals surface area (Å²) in [6.07, 6.45) is 1.91. The molecule has 3 aromatic rings. The van der Waals surface area contributed by atoms with Gasteiger partial charge in [-0.15, -0.1) is 0 Å². The van der Waals surface area contributed by atoms with Gasteiger partial charge in [-0.3, -0.25) is 4.79 Å². The summed E-state index contributed by atoms with van der Waals surface area (Å²) in [5.74, 6) is 3.87. The van der Waals surface area contributed by atoms with Crippen LogP contribution in [0.15, 0.2) is 66.9 Å². The van der Waals surface area contributed by atoms with Crippen LogP contribution in [0.4, 0.5) is 0 Å². The van der Waals surface area contributed by atoms with Crippen LogP contribution in [0.3, 0.4) is 0 Å². The van der Waals surface area contributed by atoms with Crippen LogP contribution in [0.5, 0.6) is 0 Å². The number of aromatic carboxylic acids is 1. The molecule has 1 N–H and O–H groups in total. The van der Waals surface area contributed by atoms with Crippen molar-refractivity contribution >= 4 is 21.9 Å². The maximum absolute atomic E-state index is 13.0.